The van der Waals surface area contributed by atoms with Crippen LogP contribution in [0.5, 0.6) is 5.75 Å². The van der Waals surface area contributed by atoms with Crippen molar-refractivity contribution in [3.05, 3.63) is 24.3 Å². The van der Waals surface area contributed by atoms with Crippen LogP contribution in [0, 0.1) is 0 Å². The lowest BCUT2D eigenvalue weighted by Crippen LogP contribution is -2.44. The maximum Gasteiger partial charge on any atom is 0.191 e. The van der Waals surface area contributed by atoms with E-state index in [4.69, 9.17) is 9.73 Å². The van der Waals surface area contributed by atoms with Gasteiger partial charge in [0.2, 0.25) is 0 Å². The van der Waals surface area contributed by atoms with E-state index in [-0.39, 0.29) is 0 Å². The van der Waals surface area contributed by atoms with E-state index < -0.39 is 0 Å². The molecule has 0 saturated carbocycles. The summed E-state index contributed by atoms with van der Waals surface area (Å²) in [5.41, 5.74) is 1.18. The van der Waals surface area contributed by atoms with Gasteiger partial charge in [-0.2, -0.15) is 0 Å². The minimum atomic E-state index is 0.416. The van der Waals surface area contributed by atoms with Crippen molar-refractivity contribution in [3.63, 3.8) is 0 Å². The lowest BCUT2D eigenvalue weighted by atomic mass is 10.2. The quantitative estimate of drug-likeness (QED) is 0.436. The average molecular weight is 332 g/mol. The van der Waals surface area contributed by atoms with E-state index in [2.05, 4.69) is 41.5 Å². The number of unbranched alkanes of at least 4 members (excludes halogenated alkanes) is 2. The molecule has 1 fully saturated rings. The van der Waals surface area contributed by atoms with E-state index in [1.54, 1.807) is 7.11 Å². The van der Waals surface area contributed by atoms with Crippen LogP contribution in [-0.4, -0.2) is 45.3 Å². The van der Waals surface area contributed by atoms with Crippen LogP contribution < -0.4 is 20.3 Å². The van der Waals surface area contributed by atoms with Crippen molar-refractivity contribution >= 4 is 11.6 Å². The van der Waals surface area contributed by atoms with Crippen LogP contribution >= 0.6 is 0 Å². The Balaban J connectivity index is 1.91. The minimum absolute atomic E-state index is 0.416. The molecule has 1 aliphatic heterocycles. The molecule has 2 N–H and O–H groups in total. The molecule has 5 heteroatoms. The third kappa shape index (κ3) is 5.32. The number of nitrogens with one attached hydrogen (secondary N) is 2. The molecule has 0 spiro atoms. The van der Waals surface area contributed by atoms with Crippen LogP contribution in [0.4, 0.5) is 5.69 Å². The molecule has 0 bridgehead atoms. The number of rotatable bonds is 8. The zero-order valence-electron chi connectivity index (χ0n) is 15.3. The van der Waals surface area contributed by atoms with E-state index >= 15 is 0 Å². The molecule has 134 valence electrons. The molecule has 5 nitrogen and oxygen atoms in total. The van der Waals surface area contributed by atoms with Gasteiger partial charge in [0.25, 0.3) is 0 Å². The Morgan fingerprint density at radius 1 is 1.29 bits per heavy atom. The van der Waals surface area contributed by atoms with Gasteiger partial charge in [-0.25, -0.2) is 0 Å². The second-order valence-corrected chi connectivity index (χ2v) is 6.22. The summed E-state index contributed by atoms with van der Waals surface area (Å²) in [6, 6.07) is 8.65. The highest BCUT2D eigenvalue weighted by molar-refractivity contribution is 5.80. The summed E-state index contributed by atoms with van der Waals surface area (Å²) in [5, 5.41) is 6.95. The van der Waals surface area contributed by atoms with Crippen molar-refractivity contribution in [1.82, 2.24) is 10.6 Å². The second-order valence-electron chi connectivity index (χ2n) is 6.22. The summed E-state index contributed by atoms with van der Waals surface area (Å²) in [5.74, 6) is 1.89. The van der Waals surface area contributed by atoms with Crippen LogP contribution in [0.1, 0.15) is 39.5 Å². The Labute approximate surface area is 146 Å². The topological polar surface area (TPSA) is 48.9 Å². The Bertz CT molecular complexity index is 518. The lowest BCUT2D eigenvalue weighted by Gasteiger charge is -2.22. The SMILES string of the molecule is CCCCCN=C(NCC)NC1CCN(c2ccccc2OC)C1. The van der Waals surface area contributed by atoms with Gasteiger partial charge >= 0.3 is 0 Å². The van der Waals surface area contributed by atoms with Crippen LogP contribution in [0.2, 0.25) is 0 Å². The monoisotopic (exact) mass is 332 g/mol. The summed E-state index contributed by atoms with van der Waals surface area (Å²) in [7, 11) is 1.73. The fourth-order valence-electron chi connectivity index (χ4n) is 3.05. The molecule has 1 aromatic carbocycles. The van der Waals surface area contributed by atoms with Gasteiger partial charge in [0, 0.05) is 32.2 Å². The van der Waals surface area contributed by atoms with E-state index in [1.165, 1.54) is 18.5 Å². The second kappa shape index (κ2) is 10.1. The smallest absolute Gasteiger partial charge is 0.191 e. The van der Waals surface area contributed by atoms with Crippen LogP contribution in [0.25, 0.3) is 0 Å². The third-order valence-corrected chi connectivity index (χ3v) is 4.33. The molecule has 1 saturated heterocycles. The van der Waals surface area contributed by atoms with Gasteiger partial charge in [0.15, 0.2) is 5.96 Å². The van der Waals surface area contributed by atoms with Crippen molar-refractivity contribution < 1.29 is 4.74 Å². The van der Waals surface area contributed by atoms with Crippen molar-refractivity contribution in [2.24, 2.45) is 4.99 Å². The van der Waals surface area contributed by atoms with Gasteiger partial charge in [-0.3, -0.25) is 4.99 Å². The van der Waals surface area contributed by atoms with Crippen molar-refractivity contribution in [3.8, 4) is 5.75 Å². The van der Waals surface area contributed by atoms with E-state index in [9.17, 15) is 0 Å². The molecule has 1 unspecified atom stereocenters. The fraction of sp³-hybridized carbons (Fsp3) is 0.632. The maximum absolute atomic E-state index is 5.49. The van der Waals surface area contributed by atoms with Crippen molar-refractivity contribution in [2.45, 2.75) is 45.6 Å². The van der Waals surface area contributed by atoms with Gasteiger partial charge in [-0.05, 0) is 31.9 Å². The number of para-hydroxylation sites is 2. The van der Waals surface area contributed by atoms with Gasteiger partial charge in [0.1, 0.15) is 5.75 Å². The molecule has 1 heterocycles. The number of ether oxygens (including phenoxy) is 1. The fourth-order valence-corrected chi connectivity index (χ4v) is 3.05. The molecule has 2 rings (SSSR count). The molecular formula is C19H32N4O. The Morgan fingerprint density at radius 3 is 2.88 bits per heavy atom. The third-order valence-electron chi connectivity index (χ3n) is 4.33. The number of anilines is 1. The van der Waals surface area contributed by atoms with Crippen LogP contribution in [-0.2, 0) is 0 Å². The van der Waals surface area contributed by atoms with Crippen molar-refractivity contribution in [2.75, 3.05) is 38.2 Å². The van der Waals surface area contributed by atoms with Crippen molar-refractivity contribution in [1.29, 1.82) is 0 Å². The van der Waals surface area contributed by atoms with Gasteiger partial charge in [0.05, 0.1) is 12.8 Å². The molecule has 0 aliphatic carbocycles. The zero-order valence-corrected chi connectivity index (χ0v) is 15.3. The van der Waals surface area contributed by atoms with E-state index in [1.807, 2.05) is 12.1 Å². The molecule has 24 heavy (non-hydrogen) atoms. The average Bonchev–Trinajstić information content (AvgIpc) is 3.07. The first-order valence-electron chi connectivity index (χ1n) is 9.21. The predicted octanol–water partition coefficient (Wildman–Crippen LogP) is 3.02. The summed E-state index contributed by atoms with van der Waals surface area (Å²) >= 11 is 0. The number of aliphatic imine (C=N–C) groups is 1. The first kappa shape index (κ1) is 18.4. The standard InChI is InChI=1S/C19H32N4O/c1-4-6-9-13-21-19(20-5-2)22-16-12-14-23(15-16)17-10-7-8-11-18(17)24-3/h7-8,10-11,16H,4-6,9,12-15H2,1-3H3,(H2,20,21,22). The number of benzene rings is 1. The molecule has 1 aromatic rings. The van der Waals surface area contributed by atoms with Gasteiger partial charge in [-0.1, -0.05) is 31.9 Å². The van der Waals surface area contributed by atoms with Crippen LogP contribution in [0.3, 0.4) is 0 Å². The van der Waals surface area contributed by atoms with Gasteiger partial charge < -0.3 is 20.3 Å². The number of hydrogen-bond acceptors (Lipinski definition) is 3. The first-order chi connectivity index (χ1) is 11.8. The molecule has 1 aliphatic rings. The molecule has 0 radical (unpaired) electrons. The molecule has 0 aromatic heterocycles. The number of methoxy groups -OCH3 is 1. The Hall–Kier alpha value is -1.91. The molecule has 0 amide bonds. The minimum Gasteiger partial charge on any atom is -0.495 e. The summed E-state index contributed by atoms with van der Waals surface area (Å²) < 4.78 is 5.49. The highest BCUT2D eigenvalue weighted by Gasteiger charge is 2.25. The highest BCUT2D eigenvalue weighted by atomic mass is 16.5. The summed E-state index contributed by atoms with van der Waals surface area (Å²) in [4.78, 5) is 7.08. The lowest BCUT2D eigenvalue weighted by molar-refractivity contribution is 0.415. The van der Waals surface area contributed by atoms with E-state index in [0.717, 1.165) is 50.7 Å². The van der Waals surface area contributed by atoms with Gasteiger partial charge in [-0.15, -0.1) is 0 Å². The molecule has 1 atom stereocenters. The Morgan fingerprint density at radius 2 is 2.12 bits per heavy atom. The van der Waals surface area contributed by atoms with Crippen LogP contribution in [0.15, 0.2) is 29.3 Å². The normalized spacial score (nSPS) is 17.9. The molecular weight excluding hydrogens is 300 g/mol. The highest BCUT2D eigenvalue weighted by Crippen LogP contribution is 2.30. The summed E-state index contributed by atoms with van der Waals surface area (Å²) in [6.07, 6.45) is 4.74. The predicted molar refractivity (Wildman–Crippen MR) is 102 cm³/mol. The first-order valence-corrected chi connectivity index (χ1v) is 9.21. The number of guanidine groups is 1. The number of nitrogens with zero attached hydrogens (tertiary/aromatic N) is 2. The van der Waals surface area contributed by atoms with E-state index in [0.29, 0.717) is 6.04 Å². The zero-order chi connectivity index (χ0) is 17.2. The Kier molecular flexibility index (Phi) is 7.72. The largest absolute Gasteiger partial charge is 0.495 e. The number of hydrogen-bond donors (Lipinski definition) is 2. The maximum atomic E-state index is 5.49. The summed E-state index contributed by atoms with van der Waals surface area (Å²) in [6.45, 7) is 8.12.